The van der Waals surface area contributed by atoms with E-state index in [0.29, 0.717) is 37.0 Å². The molecule has 0 aromatic heterocycles. The molecule has 1 aromatic rings. The second kappa shape index (κ2) is 7.38. The smallest absolute Gasteiger partial charge is 0.314 e. The van der Waals surface area contributed by atoms with Gasteiger partial charge in [-0.2, -0.15) is 14.9 Å². The Bertz CT molecular complexity index is 645. The third kappa shape index (κ3) is 4.17. The number of nitrogens with zero attached hydrogens (tertiary/aromatic N) is 2. The Hall–Kier alpha value is -2.66. The highest BCUT2D eigenvalue weighted by atomic mass is 19.1. The quantitative estimate of drug-likeness (QED) is 0.485. The van der Waals surface area contributed by atoms with Gasteiger partial charge in [0.1, 0.15) is 11.8 Å². The number of rotatable bonds is 3. The van der Waals surface area contributed by atoms with E-state index < -0.39 is 5.83 Å². The normalized spacial score (nSPS) is 21.5. The van der Waals surface area contributed by atoms with Crippen LogP contribution in [0, 0.1) is 34.5 Å². The summed E-state index contributed by atoms with van der Waals surface area (Å²) in [7, 11) is 0. The predicted octanol–water partition coefficient (Wildman–Crippen LogP) is 3.65. The van der Waals surface area contributed by atoms with E-state index in [4.69, 9.17) is 15.3 Å². The van der Waals surface area contributed by atoms with Gasteiger partial charge in [-0.1, -0.05) is 0 Å². The molecule has 1 aromatic carbocycles. The molecule has 0 saturated heterocycles. The highest BCUT2D eigenvalue weighted by Gasteiger charge is 2.27. The van der Waals surface area contributed by atoms with Gasteiger partial charge >= 0.3 is 5.97 Å². The summed E-state index contributed by atoms with van der Waals surface area (Å²) in [6, 6.07) is 9.83. The molecule has 0 aliphatic heterocycles. The molecule has 112 valence electrons. The number of hydrogen-bond donors (Lipinski definition) is 0. The average Bonchev–Trinajstić information content (AvgIpc) is 2.56. The Balaban J connectivity index is 1.87. The van der Waals surface area contributed by atoms with Crippen molar-refractivity contribution < 1.29 is 13.9 Å². The molecule has 1 aliphatic rings. The number of carbonyl (C=O) groups excluding carboxylic acids is 1. The molecule has 1 aliphatic carbocycles. The lowest BCUT2D eigenvalue weighted by Crippen LogP contribution is -2.25. The number of carbonyl (C=O) groups is 1. The zero-order chi connectivity index (χ0) is 15.9. The number of hydrogen-bond acceptors (Lipinski definition) is 4. The van der Waals surface area contributed by atoms with Gasteiger partial charge < -0.3 is 4.74 Å². The van der Waals surface area contributed by atoms with E-state index in [9.17, 15) is 9.18 Å². The van der Waals surface area contributed by atoms with Crippen LogP contribution in [0.5, 0.6) is 5.75 Å². The van der Waals surface area contributed by atoms with Crippen molar-refractivity contribution in [2.45, 2.75) is 25.7 Å². The lowest BCUT2D eigenvalue weighted by molar-refractivity contribution is -0.140. The number of nitriles is 2. The van der Waals surface area contributed by atoms with Gasteiger partial charge in [-0.15, -0.1) is 0 Å². The van der Waals surface area contributed by atoms with E-state index in [2.05, 4.69) is 0 Å². The maximum absolute atomic E-state index is 12.9. The van der Waals surface area contributed by atoms with Crippen molar-refractivity contribution in [1.29, 1.82) is 10.5 Å². The molecule has 22 heavy (non-hydrogen) atoms. The minimum Gasteiger partial charge on any atom is -0.426 e. The first-order valence-electron chi connectivity index (χ1n) is 7.11. The molecule has 0 amide bonds. The molecule has 0 radical (unpaired) electrons. The van der Waals surface area contributed by atoms with E-state index in [1.807, 2.05) is 6.07 Å². The standard InChI is InChI=1S/C17H15FN2O2/c18-15(11-20)9-12-1-5-14(6-2-12)17(21)22-16-7-3-13(10-19)4-8-16/h3-4,7-9,12,14H,1-2,5-6H2/t12-,14-. The topological polar surface area (TPSA) is 73.9 Å². The van der Waals surface area contributed by atoms with Crippen LogP contribution in [0.4, 0.5) is 4.39 Å². The fourth-order valence-electron chi connectivity index (χ4n) is 2.56. The lowest BCUT2D eigenvalue weighted by atomic mass is 9.82. The molecule has 0 spiro atoms. The van der Waals surface area contributed by atoms with Crippen molar-refractivity contribution in [3.63, 3.8) is 0 Å². The van der Waals surface area contributed by atoms with Crippen LogP contribution in [-0.2, 0) is 4.79 Å². The van der Waals surface area contributed by atoms with Gasteiger partial charge in [0.25, 0.3) is 0 Å². The van der Waals surface area contributed by atoms with E-state index in [1.54, 1.807) is 24.3 Å². The van der Waals surface area contributed by atoms with E-state index >= 15 is 0 Å². The number of esters is 1. The maximum atomic E-state index is 12.9. The van der Waals surface area contributed by atoms with Gasteiger partial charge in [0, 0.05) is 0 Å². The van der Waals surface area contributed by atoms with Gasteiger partial charge in [-0.05, 0) is 61.9 Å². The molecule has 1 saturated carbocycles. The highest BCUT2D eigenvalue weighted by molar-refractivity contribution is 5.75. The van der Waals surface area contributed by atoms with Crippen molar-refractivity contribution in [2.24, 2.45) is 11.8 Å². The van der Waals surface area contributed by atoms with Crippen molar-refractivity contribution in [1.82, 2.24) is 0 Å². The van der Waals surface area contributed by atoms with E-state index in [-0.39, 0.29) is 17.8 Å². The molecule has 4 nitrogen and oxygen atoms in total. The number of benzene rings is 1. The first-order chi connectivity index (χ1) is 10.6. The minimum absolute atomic E-state index is 0.0126. The molecule has 2 rings (SSSR count). The summed E-state index contributed by atoms with van der Waals surface area (Å²) >= 11 is 0. The molecule has 0 atom stereocenters. The summed E-state index contributed by atoms with van der Waals surface area (Å²) in [4.78, 5) is 12.1. The zero-order valence-electron chi connectivity index (χ0n) is 12.0. The van der Waals surface area contributed by atoms with Crippen LogP contribution in [0.3, 0.4) is 0 Å². The molecule has 0 bridgehead atoms. The Morgan fingerprint density at radius 2 is 1.82 bits per heavy atom. The summed E-state index contributed by atoms with van der Waals surface area (Å²) in [6.45, 7) is 0. The summed E-state index contributed by atoms with van der Waals surface area (Å²) in [6.07, 6.45) is 3.91. The monoisotopic (exact) mass is 298 g/mol. The Kier molecular flexibility index (Phi) is 5.27. The molecular weight excluding hydrogens is 283 g/mol. The zero-order valence-corrected chi connectivity index (χ0v) is 12.0. The average molecular weight is 298 g/mol. The minimum atomic E-state index is -0.761. The first-order valence-corrected chi connectivity index (χ1v) is 7.11. The van der Waals surface area contributed by atoms with Crippen LogP contribution in [0.1, 0.15) is 31.2 Å². The number of allylic oxidation sites excluding steroid dienone is 2. The van der Waals surface area contributed by atoms with Crippen molar-refractivity contribution in [3.05, 3.63) is 41.7 Å². The van der Waals surface area contributed by atoms with Gasteiger partial charge in [0.15, 0.2) is 5.83 Å². The summed E-state index contributed by atoms with van der Waals surface area (Å²) in [5.74, 6) is -0.831. The predicted molar refractivity (Wildman–Crippen MR) is 77.0 cm³/mol. The van der Waals surface area contributed by atoms with E-state index in [1.165, 1.54) is 12.1 Å². The summed E-state index contributed by atoms with van der Waals surface area (Å²) in [5, 5.41) is 17.1. The van der Waals surface area contributed by atoms with Crippen LogP contribution >= 0.6 is 0 Å². The molecule has 5 heteroatoms. The summed E-state index contributed by atoms with van der Waals surface area (Å²) < 4.78 is 18.2. The number of ether oxygens (including phenoxy) is 1. The van der Waals surface area contributed by atoms with E-state index in [0.717, 1.165) is 0 Å². The molecule has 0 heterocycles. The molecule has 0 N–H and O–H groups in total. The highest BCUT2D eigenvalue weighted by Crippen LogP contribution is 2.31. The van der Waals surface area contributed by atoms with Crippen LogP contribution < -0.4 is 4.74 Å². The van der Waals surface area contributed by atoms with Crippen LogP contribution in [0.25, 0.3) is 0 Å². The van der Waals surface area contributed by atoms with Crippen LogP contribution in [0.15, 0.2) is 36.2 Å². The van der Waals surface area contributed by atoms with Crippen molar-refractivity contribution >= 4 is 5.97 Å². The van der Waals surface area contributed by atoms with Gasteiger partial charge in [-0.3, -0.25) is 4.79 Å². The third-order valence-corrected chi connectivity index (χ3v) is 3.80. The van der Waals surface area contributed by atoms with Crippen LogP contribution in [-0.4, -0.2) is 5.97 Å². The Labute approximate surface area is 128 Å². The molecule has 0 unspecified atom stereocenters. The fourth-order valence-corrected chi connectivity index (χ4v) is 2.56. The molecular formula is C17H15FN2O2. The van der Waals surface area contributed by atoms with Crippen LogP contribution in [0.2, 0.25) is 0 Å². The molecule has 1 fully saturated rings. The summed E-state index contributed by atoms with van der Waals surface area (Å²) in [5.41, 5.74) is 0.506. The lowest BCUT2D eigenvalue weighted by Gasteiger charge is -2.25. The van der Waals surface area contributed by atoms with Gasteiger partial charge in [-0.25, -0.2) is 0 Å². The van der Waals surface area contributed by atoms with Crippen molar-refractivity contribution in [2.75, 3.05) is 0 Å². The SMILES string of the molecule is N#CC(F)=C[C@H]1CC[C@H](C(=O)Oc2ccc(C#N)cc2)CC1. The maximum Gasteiger partial charge on any atom is 0.314 e. The van der Waals surface area contributed by atoms with Crippen molar-refractivity contribution in [3.8, 4) is 17.9 Å². The third-order valence-electron chi connectivity index (χ3n) is 3.80. The number of halogens is 1. The second-order valence-electron chi connectivity index (χ2n) is 5.30. The largest absolute Gasteiger partial charge is 0.426 e. The first kappa shape index (κ1) is 15.7. The van der Waals surface area contributed by atoms with Gasteiger partial charge in [0.2, 0.25) is 0 Å². The second-order valence-corrected chi connectivity index (χ2v) is 5.30. The Morgan fingerprint density at radius 1 is 1.18 bits per heavy atom. The fraction of sp³-hybridized carbons (Fsp3) is 0.353. The Morgan fingerprint density at radius 3 is 2.36 bits per heavy atom. The van der Waals surface area contributed by atoms with Gasteiger partial charge in [0.05, 0.1) is 17.6 Å².